The van der Waals surface area contributed by atoms with Crippen molar-refractivity contribution in [2.45, 2.75) is 13.0 Å². The van der Waals surface area contributed by atoms with Crippen LogP contribution in [0, 0.1) is 6.92 Å². The van der Waals surface area contributed by atoms with Crippen LogP contribution in [0.25, 0.3) is 0 Å². The summed E-state index contributed by atoms with van der Waals surface area (Å²) >= 11 is 0. The van der Waals surface area contributed by atoms with Crippen molar-refractivity contribution in [3.8, 4) is 0 Å². The van der Waals surface area contributed by atoms with E-state index >= 15 is 0 Å². The number of nitrogens with zero attached hydrogens (tertiary/aromatic N) is 2. The predicted molar refractivity (Wildman–Crippen MR) is 78.7 cm³/mol. The third-order valence-electron chi connectivity index (χ3n) is 3.48. The fourth-order valence-corrected chi connectivity index (χ4v) is 2.44. The molecule has 21 heavy (non-hydrogen) atoms. The van der Waals surface area contributed by atoms with E-state index in [-0.39, 0.29) is 18.4 Å². The van der Waals surface area contributed by atoms with E-state index in [9.17, 15) is 9.59 Å². The van der Waals surface area contributed by atoms with Gasteiger partial charge in [0, 0.05) is 5.69 Å². The molecule has 1 fully saturated rings. The number of nitrogens with one attached hydrogen (secondary N) is 1. The number of pyridine rings is 1. The number of aryl methyl sites for hydroxylation is 1. The minimum absolute atomic E-state index is 0.00996. The molecule has 1 aliphatic rings. The number of hydrogen-bond donors (Lipinski definition) is 1. The van der Waals surface area contributed by atoms with Crippen molar-refractivity contribution < 1.29 is 9.59 Å². The second-order valence-electron chi connectivity index (χ2n) is 4.95. The van der Waals surface area contributed by atoms with E-state index < -0.39 is 6.04 Å². The average Bonchev–Trinajstić information content (AvgIpc) is 2.51. The molecule has 1 atom stereocenters. The van der Waals surface area contributed by atoms with Gasteiger partial charge >= 0.3 is 0 Å². The number of anilines is 1. The molecule has 2 heterocycles. The summed E-state index contributed by atoms with van der Waals surface area (Å²) in [7, 11) is 0. The molecule has 106 valence electrons. The normalized spacial score (nSPS) is 18.5. The lowest BCUT2D eigenvalue weighted by molar-refractivity contribution is -0.131. The predicted octanol–water partition coefficient (Wildman–Crippen LogP) is 1.59. The largest absolute Gasteiger partial charge is 0.345 e. The first-order valence-corrected chi connectivity index (χ1v) is 6.74. The summed E-state index contributed by atoms with van der Waals surface area (Å²) in [6, 6.07) is 12.3. The molecule has 1 saturated heterocycles. The van der Waals surface area contributed by atoms with Crippen molar-refractivity contribution in [1.82, 2.24) is 10.3 Å². The summed E-state index contributed by atoms with van der Waals surface area (Å²) in [5, 5.41) is 2.64. The summed E-state index contributed by atoms with van der Waals surface area (Å²) in [5.41, 5.74) is 2.28. The van der Waals surface area contributed by atoms with E-state index in [1.807, 2.05) is 49.4 Å². The van der Waals surface area contributed by atoms with Gasteiger partial charge in [0.25, 0.3) is 0 Å². The zero-order valence-corrected chi connectivity index (χ0v) is 11.6. The quantitative estimate of drug-likeness (QED) is 0.909. The van der Waals surface area contributed by atoms with E-state index in [0.29, 0.717) is 5.69 Å². The van der Waals surface area contributed by atoms with Gasteiger partial charge in [-0.25, -0.2) is 0 Å². The van der Waals surface area contributed by atoms with E-state index in [1.54, 1.807) is 6.20 Å². The monoisotopic (exact) mass is 281 g/mol. The molecule has 0 radical (unpaired) electrons. The second-order valence-corrected chi connectivity index (χ2v) is 4.95. The number of benzene rings is 1. The highest BCUT2D eigenvalue weighted by molar-refractivity contribution is 6.06. The number of carbonyl (C=O) groups is 2. The topological polar surface area (TPSA) is 62.3 Å². The Kier molecular flexibility index (Phi) is 3.39. The molecule has 5 nitrogen and oxygen atoms in total. The van der Waals surface area contributed by atoms with Gasteiger partial charge in [-0.2, -0.15) is 0 Å². The zero-order chi connectivity index (χ0) is 14.8. The Labute approximate surface area is 122 Å². The van der Waals surface area contributed by atoms with Crippen LogP contribution in [0.5, 0.6) is 0 Å². The molecule has 0 spiro atoms. The Bertz CT molecular complexity index is 668. The second kappa shape index (κ2) is 5.36. The maximum atomic E-state index is 12.3. The summed E-state index contributed by atoms with van der Waals surface area (Å²) in [4.78, 5) is 30.3. The number of hydrogen-bond acceptors (Lipinski definition) is 3. The SMILES string of the molecule is Cc1ccc(N2C(=O)CNC(=O)C2c2ccccc2)cn1. The lowest BCUT2D eigenvalue weighted by Gasteiger charge is -2.35. The van der Waals surface area contributed by atoms with Gasteiger partial charge in [0.05, 0.1) is 18.4 Å². The number of carbonyl (C=O) groups excluding carboxylic acids is 2. The van der Waals surface area contributed by atoms with Gasteiger partial charge in [-0.05, 0) is 24.6 Å². The molecule has 1 aliphatic heterocycles. The molecular weight excluding hydrogens is 266 g/mol. The van der Waals surface area contributed by atoms with Crippen molar-refractivity contribution in [2.24, 2.45) is 0 Å². The summed E-state index contributed by atoms with van der Waals surface area (Å²) in [5.74, 6) is -0.324. The molecule has 1 unspecified atom stereocenters. The van der Waals surface area contributed by atoms with Crippen molar-refractivity contribution in [3.63, 3.8) is 0 Å². The molecule has 5 heteroatoms. The Balaban J connectivity index is 2.06. The molecule has 2 amide bonds. The van der Waals surface area contributed by atoms with Gasteiger partial charge in [0.1, 0.15) is 6.04 Å². The van der Waals surface area contributed by atoms with E-state index in [1.165, 1.54) is 4.90 Å². The standard InChI is InChI=1S/C16H15N3O2/c1-11-7-8-13(9-17-11)19-14(20)10-18-16(21)15(19)12-5-3-2-4-6-12/h2-9,15H,10H2,1H3,(H,18,21). The van der Waals surface area contributed by atoms with Crippen molar-refractivity contribution in [3.05, 3.63) is 59.9 Å². The summed E-state index contributed by atoms with van der Waals surface area (Å²) in [6.45, 7) is 1.89. The van der Waals surface area contributed by atoms with E-state index in [4.69, 9.17) is 0 Å². The van der Waals surface area contributed by atoms with Gasteiger partial charge in [-0.3, -0.25) is 19.5 Å². The number of rotatable bonds is 2. The van der Waals surface area contributed by atoms with Gasteiger partial charge in [0.15, 0.2) is 0 Å². The smallest absolute Gasteiger partial charge is 0.248 e. The van der Waals surface area contributed by atoms with E-state index in [0.717, 1.165) is 11.3 Å². The lowest BCUT2D eigenvalue weighted by atomic mass is 10.0. The number of piperazine rings is 1. The molecule has 2 aromatic rings. The Morgan fingerprint density at radius 3 is 2.57 bits per heavy atom. The first kappa shape index (κ1) is 13.3. The first-order valence-electron chi connectivity index (χ1n) is 6.74. The minimum atomic E-state index is -0.656. The van der Waals surface area contributed by atoms with Crippen LogP contribution >= 0.6 is 0 Å². The van der Waals surface area contributed by atoms with Crippen LogP contribution in [-0.2, 0) is 9.59 Å². The van der Waals surface area contributed by atoms with Gasteiger partial charge in [-0.1, -0.05) is 30.3 Å². The average molecular weight is 281 g/mol. The van der Waals surface area contributed by atoms with Crippen LogP contribution in [-0.4, -0.2) is 23.3 Å². The fourth-order valence-electron chi connectivity index (χ4n) is 2.44. The molecule has 0 saturated carbocycles. The van der Waals surface area contributed by atoms with Crippen LogP contribution in [0.15, 0.2) is 48.7 Å². The highest BCUT2D eigenvalue weighted by Gasteiger charge is 2.36. The van der Waals surface area contributed by atoms with Crippen LogP contribution in [0.3, 0.4) is 0 Å². The molecule has 3 rings (SSSR count). The first-order chi connectivity index (χ1) is 10.2. The van der Waals surface area contributed by atoms with Crippen LogP contribution in [0.1, 0.15) is 17.3 Å². The zero-order valence-electron chi connectivity index (χ0n) is 11.6. The van der Waals surface area contributed by atoms with Gasteiger partial charge in [-0.15, -0.1) is 0 Å². The van der Waals surface area contributed by atoms with Crippen molar-refractivity contribution >= 4 is 17.5 Å². The Morgan fingerprint density at radius 2 is 1.90 bits per heavy atom. The third kappa shape index (κ3) is 2.50. The molecular formula is C16H15N3O2. The minimum Gasteiger partial charge on any atom is -0.345 e. The van der Waals surface area contributed by atoms with Crippen LogP contribution in [0.4, 0.5) is 5.69 Å². The van der Waals surface area contributed by atoms with Crippen molar-refractivity contribution in [1.29, 1.82) is 0 Å². The maximum absolute atomic E-state index is 12.3. The van der Waals surface area contributed by atoms with Crippen LogP contribution in [0.2, 0.25) is 0 Å². The Morgan fingerprint density at radius 1 is 1.14 bits per heavy atom. The molecule has 1 N–H and O–H groups in total. The molecule has 1 aromatic heterocycles. The highest BCUT2D eigenvalue weighted by atomic mass is 16.2. The van der Waals surface area contributed by atoms with Crippen LogP contribution < -0.4 is 10.2 Å². The Hall–Kier alpha value is -2.69. The lowest BCUT2D eigenvalue weighted by Crippen LogP contribution is -2.53. The molecule has 1 aromatic carbocycles. The summed E-state index contributed by atoms with van der Waals surface area (Å²) < 4.78 is 0. The van der Waals surface area contributed by atoms with Gasteiger partial charge < -0.3 is 5.32 Å². The molecule has 0 bridgehead atoms. The number of amides is 2. The highest BCUT2D eigenvalue weighted by Crippen LogP contribution is 2.29. The van der Waals surface area contributed by atoms with E-state index in [2.05, 4.69) is 10.3 Å². The maximum Gasteiger partial charge on any atom is 0.248 e. The third-order valence-corrected chi connectivity index (χ3v) is 3.48. The number of aromatic nitrogens is 1. The van der Waals surface area contributed by atoms with Gasteiger partial charge in [0.2, 0.25) is 11.8 Å². The van der Waals surface area contributed by atoms with Crippen molar-refractivity contribution in [2.75, 3.05) is 11.4 Å². The molecule has 0 aliphatic carbocycles. The fraction of sp³-hybridized carbons (Fsp3) is 0.188. The summed E-state index contributed by atoms with van der Waals surface area (Å²) in [6.07, 6.45) is 1.63.